The number of nitrogens with two attached hydrogens (primary N) is 1. The van der Waals surface area contributed by atoms with Crippen molar-refractivity contribution < 1.29 is 13.9 Å². The van der Waals surface area contributed by atoms with Crippen LogP contribution in [0.5, 0.6) is 0 Å². The quantitative estimate of drug-likeness (QED) is 0.633. The first-order valence-corrected chi connectivity index (χ1v) is 6.79. The second-order valence-corrected chi connectivity index (χ2v) is 4.72. The van der Waals surface area contributed by atoms with Gasteiger partial charge in [-0.2, -0.15) is 0 Å². The van der Waals surface area contributed by atoms with Gasteiger partial charge in [-0.05, 0) is 37.4 Å². The van der Waals surface area contributed by atoms with E-state index in [1.807, 2.05) is 12.1 Å². The fourth-order valence-corrected chi connectivity index (χ4v) is 1.55. The highest BCUT2D eigenvalue weighted by molar-refractivity contribution is 5.75. The van der Waals surface area contributed by atoms with Crippen LogP contribution >= 0.6 is 0 Å². The Bertz CT molecular complexity index is 338. The van der Waals surface area contributed by atoms with Gasteiger partial charge in [-0.25, -0.2) is 0 Å². The summed E-state index contributed by atoms with van der Waals surface area (Å²) in [5, 5.41) is 2.87. The molecule has 1 heterocycles. The van der Waals surface area contributed by atoms with Gasteiger partial charge in [0.15, 0.2) is 0 Å². The molecule has 5 nitrogen and oxygen atoms in total. The molecule has 3 N–H and O–H groups in total. The molecule has 1 aromatic rings. The van der Waals surface area contributed by atoms with E-state index in [2.05, 4.69) is 12.2 Å². The molecule has 5 heteroatoms. The van der Waals surface area contributed by atoms with Crippen LogP contribution in [0.2, 0.25) is 0 Å². The normalized spacial score (nSPS) is 12.3. The van der Waals surface area contributed by atoms with E-state index >= 15 is 0 Å². The minimum Gasteiger partial charge on any atom is -0.467 e. The van der Waals surface area contributed by atoms with Gasteiger partial charge in [0.05, 0.1) is 6.26 Å². The smallest absolute Gasteiger partial charge is 0.220 e. The van der Waals surface area contributed by atoms with Crippen molar-refractivity contribution >= 4 is 5.91 Å². The van der Waals surface area contributed by atoms with Gasteiger partial charge in [-0.15, -0.1) is 0 Å². The van der Waals surface area contributed by atoms with E-state index < -0.39 is 0 Å². The summed E-state index contributed by atoms with van der Waals surface area (Å²) in [7, 11) is 0. The monoisotopic (exact) mass is 268 g/mol. The van der Waals surface area contributed by atoms with Gasteiger partial charge in [0, 0.05) is 19.6 Å². The van der Waals surface area contributed by atoms with E-state index in [-0.39, 0.29) is 5.91 Å². The average Bonchev–Trinajstić information content (AvgIpc) is 2.93. The molecule has 108 valence electrons. The van der Waals surface area contributed by atoms with Crippen LogP contribution in [0, 0.1) is 5.92 Å². The molecule has 1 unspecified atom stereocenters. The Morgan fingerprint density at radius 2 is 2.42 bits per heavy atom. The predicted octanol–water partition coefficient (Wildman–Crippen LogP) is 1.68. The lowest BCUT2D eigenvalue weighted by molar-refractivity contribution is -0.121. The molecular weight excluding hydrogens is 244 g/mol. The topological polar surface area (TPSA) is 77.5 Å². The summed E-state index contributed by atoms with van der Waals surface area (Å²) in [4.78, 5) is 11.5. The van der Waals surface area contributed by atoms with Crippen molar-refractivity contribution in [2.75, 3.05) is 19.7 Å². The number of furan rings is 1. The number of rotatable bonds is 10. The minimum absolute atomic E-state index is 0.0892. The highest BCUT2D eigenvalue weighted by Gasteiger charge is 2.04. The van der Waals surface area contributed by atoms with E-state index in [0.29, 0.717) is 38.6 Å². The first-order chi connectivity index (χ1) is 9.22. The number of amides is 1. The van der Waals surface area contributed by atoms with Crippen LogP contribution < -0.4 is 11.1 Å². The van der Waals surface area contributed by atoms with Crippen LogP contribution in [0.4, 0.5) is 0 Å². The van der Waals surface area contributed by atoms with Crippen molar-refractivity contribution in [2.45, 2.75) is 32.8 Å². The maximum absolute atomic E-state index is 11.5. The first-order valence-electron chi connectivity index (χ1n) is 6.79. The molecule has 19 heavy (non-hydrogen) atoms. The van der Waals surface area contributed by atoms with Gasteiger partial charge >= 0.3 is 0 Å². The molecule has 0 aromatic carbocycles. The largest absolute Gasteiger partial charge is 0.467 e. The molecule has 0 aliphatic heterocycles. The lowest BCUT2D eigenvalue weighted by atomic mass is 10.1. The molecule has 0 radical (unpaired) electrons. The van der Waals surface area contributed by atoms with E-state index in [1.54, 1.807) is 6.26 Å². The van der Waals surface area contributed by atoms with Gasteiger partial charge in [0.1, 0.15) is 12.4 Å². The molecule has 1 amide bonds. The van der Waals surface area contributed by atoms with Crippen LogP contribution in [0.3, 0.4) is 0 Å². The Balaban J connectivity index is 1.91. The van der Waals surface area contributed by atoms with Gasteiger partial charge in [0.2, 0.25) is 5.91 Å². The number of hydrogen-bond donors (Lipinski definition) is 2. The summed E-state index contributed by atoms with van der Waals surface area (Å²) in [6.45, 7) is 4.42. The molecule has 0 fully saturated rings. The van der Waals surface area contributed by atoms with E-state index in [0.717, 1.165) is 18.6 Å². The highest BCUT2D eigenvalue weighted by Crippen LogP contribution is 2.03. The van der Waals surface area contributed by atoms with Crippen molar-refractivity contribution in [2.24, 2.45) is 11.7 Å². The third kappa shape index (κ3) is 7.64. The number of nitrogens with one attached hydrogen (secondary N) is 1. The minimum atomic E-state index is 0.0892. The lowest BCUT2D eigenvalue weighted by Gasteiger charge is -2.08. The van der Waals surface area contributed by atoms with Crippen LogP contribution in [0.15, 0.2) is 22.8 Å². The molecular formula is C14H24N2O3. The number of ether oxygens (including phenoxy) is 1. The predicted molar refractivity (Wildman–Crippen MR) is 73.4 cm³/mol. The third-order valence-corrected chi connectivity index (χ3v) is 2.88. The van der Waals surface area contributed by atoms with Crippen LogP contribution in [-0.4, -0.2) is 25.6 Å². The number of hydrogen-bond acceptors (Lipinski definition) is 4. The Morgan fingerprint density at radius 1 is 1.58 bits per heavy atom. The van der Waals surface area contributed by atoms with Gasteiger partial charge in [0.25, 0.3) is 0 Å². The molecule has 0 aliphatic carbocycles. The Kier molecular flexibility index (Phi) is 7.93. The summed E-state index contributed by atoms with van der Waals surface area (Å²) in [6, 6.07) is 3.71. The van der Waals surface area contributed by atoms with Crippen LogP contribution in [0.1, 0.15) is 31.9 Å². The maximum atomic E-state index is 11.5. The molecule has 0 saturated carbocycles. The van der Waals surface area contributed by atoms with Crippen molar-refractivity contribution in [3.05, 3.63) is 24.2 Å². The van der Waals surface area contributed by atoms with Crippen LogP contribution in [-0.2, 0) is 16.1 Å². The zero-order valence-electron chi connectivity index (χ0n) is 11.6. The molecule has 1 aromatic heterocycles. The SMILES string of the molecule is CC(CN)CCC(=O)NCCCOCc1ccco1. The number of carbonyl (C=O) groups excluding carboxylic acids is 1. The molecule has 0 spiro atoms. The van der Waals surface area contributed by atoms with E-state index in [9.17, 15) is 4.79 Å². The average molecular weight is 268 g/mol. The zero-order valence-corrected chi connectivity index (χ0v) is 11.6. The Labute approximate surface area is 114 Å². The second-order valence-electron chi connectivity index (χ2n) is 4.72. The van der Waals surface area contributed by atoms with Gasteiger partial charge in [-0.3, -0.25) is 4.79 Å². The fourth-order valence-electron chi connectivity index (χ4n) is 1.55. The second kappa shape index (κ2) is 9.58. The number of carbonyl (C=O) groups is 1. The van der Waals surface area contributed by atoms with Gasteiger partial charge in [-0.1, -0.05) is 6.92 Å². The summed E-state index contributed by atoms with van der Waals surface area (Å²) in [5.74, 6) is 1.31. The molecule has 0 aliphatic rings. The zero-order chi connectivity index (χ0) is 13.9. The highest BCUT2D eigenvalue weighted by atomic mass is 16.5. The third-order valence-electron chi connectivity index (χ3n) is 2.88. The molecule has 1 atom stereocenters. The molecule has 1 rings (SSSR count). The van der Waals surface area contributed by atoms with Crippen LogP contribution in [0.25, 0.3) is 0 Å². The van der Waals surface area contributed by atoms with Crippen molar-refractivity contribution in [1.29, 1.82) is 0 Å². The summed E-state index contributed by atoms with van der Waals surface area (Å²) in [5.41, 5.74) is 5.50. The van der Waals surface area contributed by atoms with Crippen molar-refractivity contribution in [3.8, 4) is 0 Å². The standard InChI is InChI=1S/C14H24N2O3/c1-12(10-15)5-6-14(17)16-7-3-8-18-11-13-4-2-9-19-13/h2,4,9,12H,3,5-8,10-11,15H2,1H3,(H,16,17). The Morgan fingerprint density at radius 3 is 3.11 bits per heavy atom. The van der Waals surface area contributed by atoms with E-state index in [1.165, 1.54) is 0 Å². The first kappa shape index (κ1) is 15.7. The van der Waals surface area contributed by atoms with E-state index in [4.69, 9.17) is 14.9 Å². The van der Waals surface area contributed by atoms with Crippen molar-refractivity contribution in [3.63, 3.8) is 0 Å². The molecule has 0 bridgehead atoms. The maximum Gasteiger partial charge on any atom is 0.220 e. The summed E-state index contributed by atoms with van der Waals surface area (Å²) >= 11 is 0. The fraction of sp³-hybridized carbons (Fsp3) is 0.643. The van der Waals surface area contributed by atoms with Crippen molar-refractivity contribution in [1.82, 2.24) is 5.32 Å². The van der Waals surface area contributed by atoms with Gasteiger partial charge < -0.3 is 20.2 Å². The lowest BCUT2D eigenvalue weighted by Crippen LogP contribution is -2.26. The molecule has 0 saturated heterocycles. The summed E-state index contributed by atoms with van der Waals surface area (Å²) < 4.78 is 10.6. The Hall–Kier alpha value is -1.33. The summed E-state index contributed by atoms with van der Waals surface area (Å²) in [6.07, 6.45) is 3.82.